The van der Waals surface area contributed by atoms with E-state index in [0.29, 0.717) is 11.3 Å². The van der Waals surface area contributed by atoms with Crippen molar-refractivity contribution in [1.82, 2.24) is 0 Å². The van der Waals surface area contributed by atoms with Crippen LogP contribution in [0.5, 0.6) is 0 Å². The number of anilines is 1. The van der Waals surface area contributed by atoms with Crippen molar-refractivity contribution in [2.75, 3.05) is 11.5 Å². The zero-order chi connectivity index (χ0) is 10.7. The summed E-state index contributed by atoms with van der Waals surface area (Å²) in [6, 6.07) is 5.14. The fourth-order valence-electron chi connectivity index (χ4n) is 1.11. The van der Waals surface area contributed by atoms with Gasteiger partial charge in [-0.15, -0.1) is 0 Å². The van der Waals surface area contributed by atoms with Gasteiger partial charge in [-0.2, -0.15) is 12.6 Å². The molecule has 1 rings (SSSR count). The molecule has 0 spiro atoms. The first-order valence-corrected chi connectivity index (χ1v) is 5.50. The zero-order valence-corrected chi connectivity index (χ0v) is 9.87. The van der Waals surface area contributed by atoms with E-state index in [-0.39, 0.29) is 5.75 Å². The van der Waals surface area contributed by atoms with Crippen molar-refractivity contribution in [3.05, 3.63) is 28.2 Å². The largest absolute Gasteiger partial charge is 0.398 e. The molecule has 0 aliphatic rings. The van der Waals surface area contributed by atoms with Gasteiger partial charge in [0.25, 0.3) is 0 Å². The third kappa shape index (κ3) is 2.63. The molecule has 1 aromatic carbocycles. The van der Waals surface area contributed by atoms with Gasteiger partial charge >= 0.3 is 0 Å². The Labute approximate surface area is 96.5 Å². The second kappa shape index (κ2) is 5.02. The molecule has 0 aliphatic carbocycles. The van der Waals surface area contributed by atoms with Crippen LogP contribution < -0.4 is 5.73 Å². The highest BCUT2D eigenvalue weighted by Crippen LogP contribution is 2.26. The number of hydrogen-bond acceptors (Lipinski definition) is 4. The average molecular weight is 278 g/mol. The number of nitrogen functional groups attached to an aromatic ring is 1. The summed E-state index contributed by atoms with van der Waals surface area (Å²) in [5, 5.41) is 19.1. The van der Waals surface area contributed by atoms with Crippen LogP contribution in [0, 0.1) is 0 Å². The lowest BCUT2D eigenvalue weighted by Crippen LogP contribution is -2.20. The molecule has 0 aromatic heterocycles. The van der Waals surface area contributed by atoms with Crippen molar-refractivity contribution in [3.8, 4) is 0 Å². The fourth-order valence-corrected chi connectivity index (χ4v) is 1.69. The van der Waals surface area contributed by atoms with Crippen LogP contribution in [0.2, 0.25) is 0 Å². The Hall–Kier alpha value is -0.230. The van der Waals surface area contributed by atoms with Crippen LogP contribution in [-0.4, -0.2) is 22.1 Å². The normalized spacial score (nSPS) is 15.1. The van der Waals surface area contributed by atoms with Crippen LogP contribution in [0.15, 0.2) is 22.7 Å². The van der Waals surface area contributed by atoms with E-state index < -0.39 is 12.2 Å². The van der Waals surface area contributed by atoms with Gasteiger partial charge in [-0.1, -0.05) is 15.9 Å². The molecule has 0 amide bonds. The Kier molecular flexibility index (Phi) is 4.25. The molecule has 0 aliphatic heterocycles. The Morgan fingerprint density at radius 3 is 2.64 bits per heavy atom. The number of aliphatic hydroxyl groups is 2. The maximum Gasteiger partial charge on any atom is 0.108 e. The molecule has 3 nitrogen and oxygen atoms in total. The fraction of sp³-hybridized carbons (Fsp3) is 0.333. The highest BCUT2D eigenvalue weighted by Gasteiger charge is 2.19. The molecule has 1 aromatic rings. The quantitative estimate of drug-likeness (QED) is 0.498. The van der Waals surface area contributed by atoms with Gasteiger partial charge in [-0.25, -0.2) is 0 Å². The molecule has 78 valence electrons. The minimum atomic E-state index is -0.995. The molecular weight excluding hydrogens is 266 g/mol. The molecule has 4 N–H and O–H groups in total. The Morgan fingerprint density at radius 1 is 1.43 bits per heavy atom. The van der Waals surface area contributed by atoms with Gasteiger partial charge in [0.1, 0.15) is 6.10 Å². The smallest absolute Gasteiger partial charge is 0.108 e. The molecule has 0 bridgehead atoms. The van der Waals surface area contributed by atoms with E-state index >= 15 is 0 Å². The Morgan fingerprint density at radius 2 is 2.07 bits per heavy atom. The average Bonchev–Trinajstić information content (AvgIpc) is 2.19. The third-order valence-electron chi connectivity index (χ3n) is 1.92. The second-order valence-electron chi connectivity index (χ2n) is 2.97. The van der Waals surface area contributed by atoms with Gasteiger partial charge in [0.2, 0.25) is 0 Å². The first kappa shape index (κ1) is 11.8. The molecular formula is C9H12BrNO2S. The first-order valence-electron chi connectivity index (χ1n) is 4.08. The number of benzene rings is 1. The maximum absolute atomic E-state index is 9.69. The summed E-state index contributed by atoms with van der Waals surface area (Å²) in [7, 11) is 0. The minimum absolute atomic E-state index is 0.188. The summed E-state index contributed by atoms with van der Waals surface area (Å²) in [6.07, 6.45) is -1.90. The summed E-state index contributed by atoms with van der Waals surface area (Å²) in [4.78, 5) is 0. The molecule has 2 unspecified atom stereocenters. The van der Waals surface area contributed by atoms with Gasteiger partial charge in [-0.05, 0) is 18.2 Å². The molecule has 0 saturated heterocycles. The van der Waals surface area contributed by atoms with Crippen molar-refractivity contribution < 1.29 is 10.2 Å². The SMILES string of the molecule is Nc1ccc(Br)cc1C(O)C(O)CS. The zero-order valence-electron chi connectivity index (χ0n) is 7.39. The van der Waals surface area contributed by atoms with E-state index in [1.807, 2.05) is 0 Å². The van der Waals surface area contributed by atoms with E-state index in [0.717, 1.165) is 4.47 Å². The summed E-state index contributed by atoms with van der Waals surface area (Å²) < 4.78 is 0.812. The van der Waals surface area contributed by atoms with Crippen molar-refractivity contribution >= 4 is 34.2 Å². The minimum Gasteiger partial charge on any atom is -0.398 e. The number of rotatable bonds is 3. The van der Waals surface area contributed by atoms with Crippen LogP contribution in [0.3, 0.4) is 0 Å². The first-order chi connectivity index (χ1) is 6.56. The summed E-state index contributed by atoms with van der Waals surface area (Å²) in [5.41, 5.74) is 6.64. The number of thiol groups is 1. The maximum atomic E-state index is 9.69. The highest BCUT2D eigenvalue weighted by molar-refractivity contribution is 9.10. The standard InChI is InChI=1S/C9H12BrNO2S/c10-5-1-2-7(11)6(3-5)9(13)8(12)4-14/h1-3,8-9,12-14H,4,11H2. The van der Waals surface area contributed by atoms with Crippen molar-refractivity contribution in [2.24, 2.45) is 0 Å². The molecule has 0 heterocycles. The molecule has 0 radical (unpaired) electrons. The van der Waals surface area contributed by atoms with E-state index in [9.17, 15) is 10.2 Å². The van der Waals surface area contributed by atoms with Gasteiger partial charge in [0, 0.05) is 21.5 Å². The predicted molar refractivity (Wildman–Crippen MR) is 63.4 cm³/mol. The molecule has 0 saturated carbocycles. The van der Waals surface area contributed by atoms with Crippen molar-refractivity contribution in [1.29, 1.82) is 0 Å². The molecule has 0 fully saturated rings. The third-order valence-corrected chi connectivity index (χ3v) is 2.79. The monoisotopic (exact) mass is 277 g/mol. The number of aliphatic hydroxyl groups excluding tert-OH is 2. The summed E-state index contributed by atoms with van der Waals surface area (Å²) in [5.74, 6) is 0.188. The van der Waals surface area contributed by atoms with E-state index in [2.05, 4.69) is 28.6 Å². The van der Waals surface area contributed by atoms with Gasteiger partial charge in [0.15, 0.2) is 0 Å². The van der Waals surface area contributed by atoms with Gasteiger partial charge < -0.3 is 15.9 Å². The Bertz CT molecular complexity index is 322. The summed E-state index contributed by atoms with van der Waals surface area (Å²) >= 11 is 7.17. The lowest BCUT2D eigenvalue weighted by molar-refractivity contribution is 0.0342. The Balaban J connectivity index is 2.99. The van der Waals surface area contributed by atoms with Crippen LogP contribution >= 0.6 is 28.6 Å². The topological polar surface area (TPSA) is 66.5 Å². The second-order valence-corrected chi connectivity index (χ2v) is 4.25. The molecule has 2 atom stereocenters. The van der Waals surface area contributed by atoms with Crippen LogP contribution in [0.4, 0.5) is 5.69 Å². The molecule has 5 heteroatoms. The van der Waals surface area contributed by atoms with Gasteiger partial charge in [0.05, 0.1) is 6.10 Å². The van der Waals surface area contributed by atoms with Crippen molar-refractivity contribution in [3.63, 3.8) is 0 Å². The van der Waals surface area contributed by atoms with Crippen LogP contribution in [0.25, 0.3) is 0 Å². The van der Waals surface area contributed by atoms with E-state index in [1.54, 1.807) is 18.2 Å². The summed E-state index contributed by atoms with van der Waals surface area (Å²) in [6.45, 7) is 0. The van der Waals surface area contributed by atoms with Crippen LogP contribution in [0.1, 0.15) is 11.7 Å². The van der Waals surface area contributed by atoms with Gasteiger partial charge in [-0.3, -0.25) is 0 Å². The number of hydrogen-bond donors (Lipinski definition) is 4. The van der Waals surface area contributed by atoms with Crippen LogP contribution in [-0.2, 0) is 0 Å². The van der Waals surface area contributed by atoms with E-state index in [4.69, 9.17) is 5.73 Å². The molecule has 14 heavy (non-hydrogen) atoms. The van der Waals surface area contributed by atoms with E-state index in [1.165, 1.54) is 0 Å². The lowest BCUT2D eigenvalue weighted by Gasteiger charge is -2.18. The lowest BCUT2D eigenvalue weighted by atomic mass is 10.0. The highest BCUT2D eigenvalue weighted by atomic mass is 79.9. The number of nitrogens with two attached hydrogens (primary N) is 1. The van der Waals surface area contributed by atoms with Crippen molar-refractivity contribution in [2.45, 2.75) is 12.2 Å². The number of halogens is 1. The predicted octanol–water partition coefficient (Wildman–Crippen LogP) is 1.36.